The van der Waals surface area contributed by atoms with E-state index in [2.05, 4.69) is 26.0 Å². The number of rotatable bonds is 5. The molecule has 0 aliphatic rings. The van der Waals surface area contributed by atoms with E-state index in [0.29, 0.717) is 10.8 Å². The Labute approximate surface area is 125 Å². The molecule has 2 rings (SSSR count). The van der Waals surface area contributed by atoms with Crippen molar-refractivity contribution in [2.45, 2.75) is 32.4 Å². The number of para-hydroxylation sites is 1. The first kappa shape index (κ1) is 14.9. The van der Waals surface area contributed by atoms with Crippen molar-refractivity contribution in [1.29, 1.82) is 0 Å². The monoisotopic (exact) mass is 289 g/mol. The number of aryl methyl sites for hydroxylation is 1. The van der Waals surface area contributed by atoms with Crippen molar-refractivity contribution in [3.05, 3.63) is 64.7 Å². The highest BCUT2D eigenvalue weighted by Gasteiger charge is 2.22. The first-order valence-corrected chi connectivity index (χ1v) is 7.23. The number of ether oxygens (including phenoxy) is 1. The molecule has 2 aromatic carbocycles. The molecular formula is C17H20ClNO. The summed E-state index contributed by atoms with van der Waals surface area (Å²) in [5.41, 5.74) is 8.54. The summed E-state index contributed by atoms with van der Waals surface area (Å²) in [5.74, 6) is 0.673. The van der Waals surface area contributed by atoms with Crippen LogP contribution in [0.25, 0.3) is 0 Å². The molecule has 3 heteroatoms. The van der Waals surface area contributed by atoms with Crippen LogP contribution in [0.1, 0.15) is 30.6 Å². The van der Waals surface area contributed by atoms with Crippen LogP contribution in [-0.4, -0.2) is 6.04 Å². The molecule has 2 aromatic rings. The van der Waals surface area contributed by atoms with E-state index in [1.165, 1.54) is 5.56 Å². The summed E-state index contributed by atoms with van der Waals surface area (Å²) in [5, 5.41) is 0.606. The molecule has 2 nitrogen and oxygen atoms in total. The maximum Gasteiger partial charge on any atom is 0.139 e. The highest BCUT2D eigenvalue weighted by molar-refractivity contribution is 6.32. The van der Waals surface area contributed by atoms with E-state index in [1.54, 1.807) is 0 Å². The molecule has 20 heavy (non-hydrogen) atoms. The Hall–Kier alpha value is -1.51. The second-order valence-corrected chi connectivity index (χ2v) is 5.30. The summed E-state index contributed by atoms with van der Waals surface area (Å²) in [6.07, 6.45) is 0.643. The Balaban J connectivity index is 2.35. The predicted molar refractivity (Wildman–Crippen MR) is 84.3 cm³/mol. The summed E-state index contributed by atoms with van der Waals surface area (Å²) in [7, 11) is 0. The average Bonchev–Trinajstić information content (AvgIpc) is 2.47. The number of hydrogen-bond donors (Lipinski definition) is 1. The molecule has 2 unspecified atom stereocenters. The maximum absolute atomic E-state index is 6.25. The standard InChI is InChI=1S/C17H20ClNO/c1-3-15(19)17(13-9-5-4-8-12(13)2)20-16-11-7-6-10-14(16)18/h4-11,15,17H,3,19H2,1-2H3. The van der Waals surface area contributed by atoms with Crippen molar-refractivity contribution in [1.82, 2.24) is 0 Å². The smallest absolute Gasteiger partial charge is 0.139 e. The van der Waals surface area contributed by atoms with Crippen molar-refractivity contribution in [3.63, 3.8) is 0 Å². The SMILES string of the molecule is CCC(N)C(Oc1ccccc1Cl)c1ccccc1C. The minimum Gasteiger partial charge on any atom is -0.483 e. The lowest BCUT2D eigenvalue weighted by molar-refractivity contribution is 0.170. The van der Waals surface area contributed by atoms with Gasteiger partial charge in [-0.2, -0.15) is 0 Å². The van der Waals surface area contributed by atoms with E-state index in [-0.39, 0.29) is 12.1 Å². The van der Waals surface area contributed by atoms with Crippen molar-refractivity contribution in [2.75, 3.05) is 0 Å². The normalized spacial score (nSPS) is 13.8. The lowest BCUT2D eigenvalue weighted by Crippen LogP contribution is -2.32. The zero-order chi connectivity index (χ0) is 14.5. The van der Waals surface area contributed by atoms with Gasteiger partial charge >= 0.3 is 0 Å². The van der Waals surface area contributed by atoms with Crippen molar-refractivity contribution >= 4 is 11.6 Å². The van der Waals surface area contributed by atoms with Gasteiger partial charge in [-0.25, -0.2) is 0 Å². The lowest BCUT2D eigenvalue weighted by Gasteiger charge is -2.26. The van der Waals surface area contributed by atoms with Crippen LogP contribution in [0.15, 0.2) is 48.5 Å². The van der Waals surface area contributed by atoms with Gasteiger partial charge in [0, 0.05) is 6.04 Å². The molecule has 0 bridgehead atoms. The van der Waals surface area contributed by atoms with Crippen LogP contribution < -0.4 is 10.5 Å². The summed E-state index contributed by atoms with van der Waals surface area (Å²) in [6, 6.07) is 15.6. The fourth-order valence-electron chi connectivity index (χ4n) is 2.18. The Morgan fingerprint density at radius 3 is 2.40 bits per heavy atom. The van der Waals surface area contributed by atoms with E-state index in [9.17, 15) is 0 Å². The van der Waals surface area contributed by atoms with Crippen LogP contribution in [0.4, 0.5) is 0 Å². The number of hydrogen-bond acceptors (Lipinski definition) is 2. The van der Waals surface area contributed by atoms with E-state index in [0.717, 1.165) is 12.0 Å². The average molecular weight is 290 g/mol. The lowest BCUT2D eigenvalue weighted by atomic mass is 9.97. The third kappa shape index (κ3) is 3.33. The molecular weight excluding hydrogens is 270 g/mol. The molecule has 0 radical (unpaired) electrons. The Morgan fingerprint density at radius 1 is 1.10 bits per heavy atom. The van der Waals surface area contributed by atoms with Gasteiger partial charge in [0.2, 0.25) is 0 Å². The molecule has 0 saturated carbocycles. The van der Waals surface area contributed by atoms with Crippen molar-refractivity contribution in [2.24, 2.45) is 5.73 Å². The Kier molecular flexibility index (Phi) is 5.05. The van der Waals surface area contributed by atoms with Crippen LogP contribution in [-0.2, 0) is 0 Å². The van der Waals surface area contributed by atoms with E-state index >= 15 is 0 Å². The maximum atomic E-state index is 6.25. The topological polar surface area (TPSA) is 35.2 Å². The van der Waals surface area contributed by atoms with Crippen molar-refractivity contribution in [3.8, 4) is 5.75 Å². The molecule has 0 aromatic heterocycles. The third-order valence-electron chi connectivity index (χ3n) is 3.45. The Bertz CT molecular complexity index is 570. The highest BCUT2D eigenvalue weighted by atomic mass is 35.5. The van der Waals surface area contributed by atoms with E-state index in [4.69, 9.17) is 22.1 Å². The Morgan fingerprint density at radius 2 is 1.75 bits per heavy atom. The number of benzene rings is 2. The van der Waals surface area contributed by atoms with Gasteiger partial charge in [0.05, 0.1) is 5.02 Å². The van der Waals surface area contributed by atoms with Gasteiger partial charge in [0.15, 0.2) is 0 Å². The second kappa shape index (κ2) is 6.78. The molecule has 0 spiro atoms. The van der Waals surface area contributed by atoms with Gasteiger partial charge in [-0.3, -0.25) is 0 Å². The van der Waals surface area contributed by atoms with Crippen molar-refractivity contribution < 1.29 is 4.74 Å². The molecule has 0 amide bonds. The molecule has 0 fully saturated rings. The van der Waals surface area contributed by atoms with E-state index in [1.807, 2.05) is 36.4 Å². The van der Waals surface area contributed by atoms with Crippen LogP contribution in [0.3, 0.4) is 0 Å². The molecule has 0 aliphatic carbocycles. The fraction of sp³-hybridized carbons (Fsp3) is 0.294. The van der Waals surface area contributed by atoms with Gasteiger partial charge in [-0.15, -0.1) is 0 Å². The summed E-state index contributed by atoms with van der Waals surface area (Å²) in [6.45, 7) is 4.13. The highest BCUT2D eigenvalue weighted by Crippen LogP contribution is 2.31. The summed E-state index contributed by atoms with van der Waals surface area (Å²) >= 11 is 6.18. The van der Waals surface area contributed by atoms with Crippen LogP contribution >= 0.6 is 11.6 Å². The van der Waals surface area contributed by atoms with Gasteiger partial charge in [-0.05, 0) is 36.6 Å². The number of nitrogens with two attached hydrogens (primary N) is 1. The summed E-state index contributed by atoms with van der Waals surface area (Å²) in [4.78, 5) is 0. The summed E-state index contributed by atoms with van der Waals surface area (Å²) < 4.78 is 6.11. The predicted octanol–water partition coefficient (Wildman–Crippen LogP) is 4.51. The second-order valence-electron chi connectivity index (χ2n) is 4.90. The van der Waals surface area contributed by atoms with Gasteiger partial charge in [0.1, 0.15) is 11.9 Å². The van der Waals surface area contributed by atoms with Gasteiger partial charge in [-0.1, -0.05) is 54.9 Å². The molecule has 0 saturated heterocycles. The molecule has 106 valence electrons. The number of halogens is 1. The first-order valence-electron chi connectivity index (χ1n) is 6.85. The molecule has 0 heterocycles. The van der Waals surface area contributed by atoms with Crippen LogP contribution in [0, 0.1) is 6.92 Å². The molecule has 0 aliphatic heterocycles. The minimum atomic E-state index is -0.193. The minimum absolute atomic E-state index is 0.0765. The van der Waals surface area contributed by atoms with E-state index < -0.39 is 0 Å². The fourth-order valence-corrected chi connectivity index (χ4v) is 2.36. The third-order valence-corrected chi connectivity index (χ3v) is 3.76. The van der Waals surface area contributed by atoms with Crippen LogP contribution in [0.5, 0.6) is 5.75 Å². The zero-order valence-corrected chi connectivity index (χ0v) is 12.6. The largest absolute Gasteiger partial charge is 0.483 e. The van der Waals surface area contributed by atoms with Crippen LogP contribution in [0.2, 0.25) is 5.02 Å². The molecule has 2 atom stereocenters. The zero-order valence-electron chi connectivity index (χ0n) is 11.8. The molecule has 2 N–H and O–H groups in total. The first-order chi connectivity index (χ1) is 9.63. The van der Waals surface area contributed by atoms with Gasteiger partial charge in [0.25, 0.3) is 0 Å². The quantitative estimate of drug-likeness (QED) is 0.879. The van der Waals surface area contributed by atoms with Gasteiger partial charge < -0.3 is 10.5 Å².